The molecule has 0 amide bonds. The summed E-state index contributed by atoms with van der Waals surface area (Å²) in [6.45, 7) is 2.50. The zero-order valence-corrected chi connectivity index (χ0v) is 20.8. The predicted octanol–water partition coefficient (Wildman–Crippen LogP) is -1.37. The molecule has 0 aromatic rings. The molecule has 37 heavy (non-hydrogen) atoms. The third kappa shape index (κ3) is 5.35. The first-order chi connectivity index (χ1) is 17.7. The number of esters is 1. The Balaban J connectivity index is 1.45. The molecule has 3 fully saturated rings. The van der Waals surface area contributed by atoms with Gasteiger partial charge in [-0.3, -0.25) is 0 Å². The number of aliphatic hydroxyl groups excluding tert-OH is 6. The van der Waals surface area contributed by atoms with E-state index in [9.17, 15) is 30.3 Å². The molecule has 3 aliphatic heterocycles. The highest BCUT2D eigenvalue weighted by Crippen LogP contribution is 2.60. The summed E-state index contributed by atoms with van der Waals surface area (Å²) < 4.78 is 28.5. The number of carbonyl (C=O) groups excluding carboxylic acids is 1. The Morgan fingerprint density at radius 1 is 1.05 bits per heavy atom. The maximum atomic E-state index is 12.8. The third-order valence-corrected chi connectivity index (χ3v) is 7.59. The van der Waals surface area contributed by atoms with Crippen molar-refractivity contribution in [2.75, 3.05) is 19.8 Å². The summed E-state index contributed by atoms with van der Waals surface area (Å²) in [7, 11) is 0. The summed E-state index contributed by atoms with van der Waals surface area (Å²) in [5.41, 5.74) is 0.319. The summed E-state index contributed by atoms with van der Waals surface area (Å²) >= 11 is 0. The van der Waals surface area contributed by atoms with Gasteiger partial charge < -0.3 is 54.3 Å². The molecule has 2 saturated heterocycles. The lowest BCUT2D eigenvalue weighted by atomic mass is 9.85. The molecule has 3 heterocycles. The second kappa shape index (κ2) is 11.5. The number of aliphatic hydroxyl groups is 6. The number of epoxide rings is 1. The van der Waals surface area contributed by atoms with Crippen molar-refractivity contribution in [1.82, 2.24) is 0 Å². The molecule has 4 aliphatic rings. The Kier molecular flexibility index (Phi) is 8.73. The van der Waals surface area contributed by atoms with Crippen LogP contribution in [-0.4, -0.2) is 111 Å². The van der Waals surface area contributed by atoms with Crippen LogP contribution in [0.5, 0.6) is 0 Å². The molecule has 4 rings (SSSR count). The maximum absolute atomic E-state index is 12.8. The van der Waals surface area contributed by atoms with E-state index in [0.717, 1.165) is 5.57 Å². The Morgan fingerprint density at radius 3 is 2.49 bits per heavy atom. The van der Waals surface area contributed by atoms with Crippen LogP contribution >= 0.6 is 0 Å². The van der Waals surface area contributed by atoms with Gasteiger partial charge in [-0.2, -0.15) is 0 Å². The van der Waals surface area contributed by atoms with Crippen molar-refractivity contribution >= 4 is 5.97 Å². The average molecular weight is 529 g/mol. The van der Waals surface area contributed by atoms with Crippen LogP contribution in [0.3, 0.4) is 0 Å². The minimum absolute atomic E-state index is 0.0346. The first-order valence-corrected chi connectivity index (χ1v) is 12.4. The summed E-state index contributed by atoms with van der Waals surface area (Å²) in [6.07, 6.45) is -2.04. The fourth-order valence-electron chi connectivity index (χ4n) is 5.36. The van der Waals surface area contributed by atoms with Crippen LogP contribution in [0, 0.1) is 11.8 Å². The number of hydrogen-bond acceptors (Lipinski definition) is 12. The number of allylic oxidation sites excluding steroid dienone is 2. The molecule has 11 unspecified atom stereocenters. The van der Waals surface area contributed by atoms with E-state index in [2.05, 4.69) is 0 Å². The molecule has 0 spiro atoms. The standard InChI is InChI=1S/C25H36O12/c1-12(6-8-26)4-3-5-13(2)22(32)35-20-14-7-9-33-23(16(14)25(11-28)21(20)37-25)36-24-19(31)18(30)17(29)15(10-27)34-24/h5-7,9,14-21,23-24,26-31H,3-4,8,10-11H2,1-2H3. The van der Waals surface area contributed by atoms with Gasteiger partial charge >= 0.3 is 5.97 Å². The van der Waals surface area contributed by atoms with Gasteiger partial charge in [0.25, 0.3) is 0 Å². The highest BCUT2D eigenvalue weighted by Gasteiger charge is 2.77. The van der Waals surface area contributed by atoms with Crippen LogP contribution in [0.4, 0.5) is 0 Å². The minimum atomic E-state index is -1.63. The van der Waals surface area contributed by atoms with E-state index >= 15 is 0 Å². The van der Waals surface area contributed by atoms with Crippen LogP contribution < -0.4 is 0 Å². The topological polar surface area (TPSA) is 188 Å². The number of fused-ring (bicyclic) bond motifs is 3. The molecule has 12 heteroatoms. The van der Waals surface area contributed by atoms with E-state index in [0.29, 0.717) is 18.4 Å². The fraction of sp³-hybridized carbons (Fsp3) is 0.720. The van der Waals surface area contributed by atoms with Gasteiger partial charge in [0.05, 0.1) is 32.0 Å². The quantitative estimate of drug-likeness (QED) is 0.0846. The SMILES string of the molecule is CC(=CCO)CCC=C(C)C(=O)OC1C2C=COC(OC3OC(CO)C(O)C(O)C3O)C2C2(CO)OC12. The zero-order chi connectivity index (χ0) is 26.9. The van der Waals surface area contributed by atoms with Gasteiger partial charge in [-0.15, -0.1) is 0 Å². The molecule has 0 bridgehead atoms. The zero-order valence-electron chi connectivity index (χ0n) is 20.8. The summed E-state index contributed by atoms with van der Waals surface area (Å²) in [6, 6.07) is 0. The van der Waals surface area contributed by atoms with Crippen LogP contribution in [-0.2, 0) is 28.5 Å². The van der Waals surface area contributed by atoms with Crippen LogP contribution in [0.15, 0.2) is 35.6 Å². The van der Waals surface area contributed by atoms with Crippen molar-refractivity contribution in [3.63, 3.8) is 0 Å². The molecule has 1 aliphatic carbocycles. The third-order valence-electron chi connectivity index (χ3n) is 7.59. The van der Waals surface area contributed by atoms with Gasteiger partial charge in [0, 0.05) is 11.5 Å². The molecule has 12 nitrogen and oxygen atoms in total. The average Bonchev–Trinajstić information content (AvgIpc) is 3.56. The molecule has 1 saturated carbocycles. The molecule has 208 valence electrons. The molecule has 0 aromatic carbocycles. The first kappa shape index (κ1) is 28.1. The highest BCUT2D eigenvalue weighted by atomic mass is 16.8. The number of hydrogen-bond donors (Lipinski definition) is 6. The maximum Gasteiger partial charge on any atom is 0.333 e. The van der Waals surface area contributed by atoms with E-state index in [1.54, 1.807) is 25.2 Å². The van der Waals surface area contributed by atoms with Gasteiger partial charge in [-0.1, -0.05) is 17.7 Å². The van der Waals surface area contributed by atoms with Gasteiger partial charge in [0.1, 0.15) is 42.2 Å². The Morgan fingerprint density at radius 2 is 1.81 bits per heavy atom. The van der Waals surface area contributed by atoms with Crippen LogP contribution in [0.1, 0.15) is 26.7 Å². The van der Waals surface area contributed by atoms with E-state index in [-0.39, 0.29) is 6.61 Å². The lowest BCUT2D eigenvalue weighted by molar-refractivity contribution is -0.344. The van der Waals surface area contributed by atoms with Gasteiger partial charge in [0.2, 0.25) is 6.29 Å². The fourth-order valence-corrected chi connectivity index (χ4v) is 5.36. The monoisotopic (exact) mass is 528 g/mol. The number of ether oxygens (including phenoxy) is 5. The Labute approximate surface area is 214 Å². The Hall–Kier alpha value is -1.87. The van der Waals surface area contributed by atoms with Crippen molar-refractivity contribution in [2.24, 2.45) is 11.8 Å². The van der Waals surface area contributed by atoms with Gasteiger partial charge in [0.15, 0.2) is 6.29 Å². The van der Waals surface area contributed by atoms with Crippen LogP contribution in [0.25, 0.3) is 0 Å². The van der Waals surface area contributed by atoms with Crippen molar-refractivity contribution in [3.05, 3.63) is 35.6 Å². The molecule has 6 N–H and O–H groups in total. The van der Waals surface area contributed by atoms with Crippen molar-refractivity contribution in [1.29, 1.82) is 0 Å². The van der Waals surface area contributed by atoms with E-state index in [1.807, 2.05) is 6.92 Å². The molecular weight excluding hydrogens is 492 g/mol. The van der Waals surface area contributed by atoms with E-state index in [4.69, 9.17) is 28.8 Å². The normalized spacial score (nSPS) is 43.1. The second-order valence-electron chi connectivity index (χ2n) is 9.95. The highest BCUT2D eigenvalue weighted by molar-refractivity contribution is 5.88. The van der Waals surface area contributed by atoms with Gasteiger partial charge in [-0.25, -0.2) is 4.79 Å². The molecule has 0 radical (unpaired) electrons. The number of carbonyl (C=O) groups is 1. The summed E-state index contributed by atoms with van der Waals surface area (Å²) in [5.74, 6) is -1.61. The number of rotatable bonds is 10. The van der Waals surface area contributed by atoms with Gasteiger partial charge in [-0.05, 0) is 32.8 Å². The molecular formula is C25H36O12. The van der Waals surface area contributed by atoms with Crippen molar-refractivity contribution in [3.8, 4) is 0 Å². The Bertz CT molecular complexity index is 915. The lowest BCUT2D eigenvalue weighted by Gasteiger charge is -2.43. The second-order valence-corrected chi connectivity index (χ2v) is 9.95. The summed E-state index contributed by atoms with van der Waals surface area (Å²) in [4.78, 5) is 12.8. The molecule has 11 atom stereocenters. The van der Waals surface area contributed by atoms with Crippen LogP contribution in [0.2, 0.25) is 0 Å². The first-order valence-electron chi connectivity index (χ1n) is 12.4. The van der Waals surface area contributed by atoms with E-state index in [1.165, 1.54) is 6.26 Å². The lowest BCUT2D eigenvalue weighted by Crippen LogP contribution is -2.60. The molecule has 0 aromatic heterocycles. The van der Waals surface area contributed by atoms with Crippen molar-refractivity contribution < 1.29 is 59.1 Å². The smallest absolute Gasteiger partial charge is 0.333 e. The van der Waals surface area contributed by atoms with E-state index < -0.39 is 85.8 Å². The summed E-state index contributed by atoms with van der Waals surface area (Å²) in [5, 5.41) is 59.1. The predicted molar refractivity (Wildman–Crippen MR) is 124 cm³/mol. The minimum Gasteiger partial charge on any atom is -0.472 e. The largest absolute Gasteiger partial charge is 0.472 e. The van der Waals surface area contributed by atoms with Crippen molar-refractivity contribution in [2.45, 2.75) is 81.5 Å².